The average Bonchev–Trinajstić information content (AvgIpc) is 3.05. The predicted molar refractivity (Wildman–Crippen MR) is 114 cm³/mol. The average molecular weight is 376 g/mol. The molecule has 0 saturated heterocycles. The van der Waals surface area contributed by atoms with Gasteiger partial charge >= 0.3 is 7.12 Å². The van der Waals surface area contributed by atoms with Crippen molar-refractivity contribution in [2.75, 3.05) is 0 Å². The minimum atomic E-state index is -1.50. The lowest BCUT2D eigenvalue weighted by molar-refractivity contribution is 0.425. The molecule has 0 aromatic heterocycles. The first kappa shape index (κ1) is 16.6. The quantitative estimate of drug-likeness (QED) is 0.429. The van der Waals surface area contributed by atoms with Gasteiger partial charge in [-0.25, -0.2) is 0 Å². The second kappa shape index (κ2) is 5.83. The highest BCUT2D eigenvalue weighted by atomic mass is 16.5. The van der Waals surface area contributed by atoms with E-state index in [9.17, 15) is 10.0 Å². The number of rotatable bonds is 1. The molecule has 1 heterocycles. The van der Waals surface area contributed by atoms with Gasteiger partial charge in [0.15, 0.2) is 0 Å². The van der Waals surface area contributed by atoms with Crippen molar-refractivity contribution in [3.8, 4) is 22.6 Å². The van der Waals surface area contributed by atoms with Crippen LogP contribution in [0.1, 0.15) is 22.3 Å². The van der Waals surface area contributed by atoms with Crippen molar-refractivity contribution in [2.24, 2.45) is 0 Å². The molecule has 1 aliphatic heterocycles. The molecule has 0 radical (unpaired) electrons. The molecule has 0 amide bonds. The van der Waals surface area contributed by atoms with Gasteiger partial charge in [0.05, 0.1) is 5.41 Å². The van der Waals surface area contributed by atoms with E-state index in [0.29, 0.717) is 5.46 Å². The van der Waals surface area contributed by atoms with Gasteiger partial charge in [0.25, 0.3) is 0 Å². The van der Waals surface area contributed by atoms with Gasteiger partial charge < -0.3 is 14.8 Å². The Labute approximate surface area is 169 Å². The van der Waals surface area contributed by atoms with Crippen LogP contribution in [0.25, 0.3) is 11.1 Å². The van der Waals surface area contributed by atoms with Crippen LogP contribution in [0, 0.1) is 0 Å². The van der Waals surface area contributed by atoms with Gasteiger partial charge in [-0.2, -0.15) is 0 Å². The number of fused-ring (bicyclic) bond motifs is 9. The standard InChI is InChI=1S/C25H17BO3/c27-26(28)16-13-14-20-18(15-16)17-7-1-2-8-19(17)25(20)21-9-3-5-11-23(21)29-24-12-6-4-10-22(24)25/h1-15,27-28H. The summed E-state index contributed by atoms with van der Waals surface area (Å²) < 4.78 is 6.28. The molecule has 2 N–H and O–H groups in total. The zero-order valence-corrected chi connectivity index (χ0v) is 15.5. The van der Waals surface area contributed by atoms with Gasteiger partial charge in [-0.1, -0.05) is 78.9 Å². The highest BCUT2D eigenvalue weighted by Crippen LogP contribution is 2.61. The summed E-state index contributed by atoms with van der Waals surface area (Å²) in [5, 5.41) is 19.5. The third kappa shape index (κ3) is 2.05. The fraction of sp³-hybridized carbons (Fsp3) is 0.0400. The number of hydrogen-bond donors (Lipinski definition) is 2. The summed E-state index contributed by atoms with van der Waals surface area (Å²) >= 11 is 0. The molecule has 3 nitrogen and oxygen atoms in total. The Kier molecular flexibility index (Phi) is 3.34. The Hall–Kier alpha value is -3.34. The fourth-order valence-electron chi connectivity index (χ4n) is 5.04. The van der Waals surface area contributed by atoms with Crippen molar-refractivity contribution in [1.29, 1.82) is 0 Å². The van der Waals surface area contributed by atoms with Gasteiger partial charge in [0, 0.05) is 11.1 Å². The number of benzene rings is 4. The van der Waals surface area contributed by atoms with Crippen molar-refractivity contribution < 1.29 is 14.8 Å². The summed E-state index contributed by atoms with van der Waals surface area (Å²) in [6.45, 7) is 0. The monoisotopic (exact) mass is 376 g/mol. The van der Waals surface area contributed by atoms with E-state index < -0.39 is 12.5 Å². The van der Waals surface area contributed by atoms with Gasteiger partial charge in [-0.3, -0.25) is 0 Å². The van der Waals surface area contributed by atoms with Crippen LogP contribution in [0.5, 0.6) is 11.5 Å². The van der Waals surface area contributed by atoms with E-state index in [-0.39, 0.29) is 0 Å². The van der Waals surface area contributed by atoms with Crippen LogP contribution in [0.2, 0.25) is 0 Å². The largest absolute Gasteiger partial charge is 0.488 e. The van der Waals surface area contributed by atoms with Crippen molar-refractivity contribution in [3.05, 3.63) is 113 Å². The zero-order chi connectivity index (χ0) is 19.6. The number of ether oxygens (including phenoxy) is 1. The normalized spacial score (nSPS) is 14.4. The second-order valence-corrected chi connectivity index (χ2v) is 7.57. The smallest absolute Gasteiger partial charge is 0.457 e. The molecule has 1 aliphatic carbocycles. The molecule has 6 rings (SSSR count). The van der Waals surface area contributed by atoms with Crippen LogP contribution in [0.15, 0.2) is 91.0 Å². The Morgan fingerprint density at radius 3 is 1.79 bits per heavy atom. The minimum absolute atomic E-state index is 0.490. The van der Waals surface area contributed by atoms with Gasteiger partial charge in [-0.15, -0.1) is 0 Å². The van der Waals surface area contributed by atoms with Crippen molar-refractivity contribution >= 4 is 12.6 Å². The van der Waals surface area contributed by atoms with E-state index in [0.717, 1.165) is 39.3 Å². The van der Waals surface area contributed by atoms with Crippen molar-refractivity contribution in [2.45, 2.75) is 5.41 Å². The summed E-state index contributed by atoms with van der Waals surface area (Å²) in [5.41, 5.74) is 6.63. The molecule has 29 heavy (non-hydrogen) atoms. The third-order valence-electron chi connectivity index (χ3n) is 6.17. The molecule has 0 unspecified atom stereocenters. The summed E-state index contributed by atoms with van der Waals surface area (Å²) in [6.07, 6.45) is 0. The summed E-state index contributed by atoms with van der Waals surface area (Å²) in [4.78, 5) is 0. The van der Waals surface area contributed by atoms with Gasteiger partial charge in [0.1, 0.15) is 11.5 Å². The predicted octanol–water partition coefficient (Wildman–Crippen LogP) is 3.84. The van der Waals surface area contributed by atoms with Crippen molar-refractivity contribution in [1.82, 2.24) is 0 Å². The molecule has 0 saturated carbocycles. The van der Waals surface area contributed by atoms with Crippen LogP contribution in [0.3, 0.4) is 0 Å². The van der Waals surface area contributed by atoms with Crippen molar-refractivity contribution in [3.63, 3.8) is 0 Å². The maximum Gasteiger partial charge on any atom is 0.488 e. The first-order valence-electron chi connectivity index (χ1n) is 9.68. The molecule has 0 fully saturated rings. The lowest BCUT2D eigenvalue weighted by Gasteiger charge is -2.39. The lowest BCUT2D eigenvalue weighted by Crippen LogP contribution is -2.33. The van der Waals surface area contributed by atoms with Crippen LogP contribution >= 0.6 is 0 Å². The SMILES string of the molecule is OB(O)c1ccc2c(c1)-c1ccccc1C21c2ccccc2Oc2ccccc21. The van der Waals surface area contributed by atoms with Crippen LogP contribution in [-0.2, 0) is 5.41 Å². The van der Waals surface area contributed by atoms with E-state index in [1.54, 1.807) is 6.07 Å². The summed E-state index contributed by atoms with van der Waals surface area (Å²) in [5.74, 6) is 1.69. The molecule has 4 aromatic carbocycles. The highest BCUT2D eigenvalue weighted by molar-refractivity contribution is 6.58. The summed E-state index contributed by atoms with van der Waals surface area (Å²) in [7, 11) is -1.50. The molecular weight excluding hydrogens is 359 g/mol. The first-order chi connectivity index (χ1) is 14.2. The first-order valence-corrected chi connectivity index (χ1v) is 9.68. The molecule has 138 valence electrons. The van der Waals surface area contributed by atoms with Crippen LogP contribution in [-0.4, -0.2) is 17.2 Å². The van der Waals surface area contributed by atoms with Crippen LogP contribution < -0.4 is 10.2 Å². The maximum absolute atomic E-state index is 9.76. The fourth-order valence-corrected chi connectivity index (χ4v) is 5.04. The third-order valence-corrected chi connectivity index (χ3v) is 6.17. The number of para-hydroxylation sites is 2. The van der Waals surface area contributed by atoms with E-state index in [2.05, 4.69) is 30.3 Å². The molecule has 0 bridgehead atoms. The van der Waals surface area contributed by atoms with E-state index in [1.165, 1.54) is 5.56 Å². The van der Waals surface area contributed by atoms with Gasteiger partial charge in [0.2, 0.25) is 0 Å². The van der Waals surface area contributed by atoms with Gasteiger partial charge in [-0.05, 0) is 39.8 Å². The molecule has 4 aromatic rings. The topological polar surface area (TPSA) is 49.7 Å². The summed E-state index contributed by atoms with van der Waals surface area (Å²) in [6, 6.07) is 30.5. The van der Waals surface area contributed by atoms with E-state index in [1.807, 2.05) is 54.6 Å². The zero-order valence-electron chi connectivity index (χ0n) is 15.5. The molecule has 4 heteroatoms. The Balaban J connectivity index is 1.81. The maximum atomic E-state index is 9.76. The lowest BCUT2D eigenvalue weighted by atomic mass is 9.65. The Morgan fingerprint density at radius 2 is 1.14 bits per heavy atom. The number of hydrogen-bond acceptors (Lipinski definition) is 3. The van der Waals surface area contributed by atoms with E-state index >= 15 is 0 Å². The molecule has 2 aliphatic rings. The second-order valence-electron chi connectivity index (χ2n) is 7.57. The minimum Gasteiger partial charge on any atom is -0.457 e. The highest BCUT2D eigenvalue weighted by Gasteiger charge is 2.50. The molecule has 0 atom stereocenters. The Bertz CT molecular complexity index is 1230. The Morgan fingerprint density at radius 1 is 0.586 bits per heavy atom. The van der Waals surface area contributed by atoms with Crippen LogP contribution in [0.4, 0.5) is 0 Å². The molecular formula is C25H17BO3. The van der Waals surface area contributed by atoms with E-state index in [4.69, 9.17) is 4.74 Å². The molecule has 1 spiro atoms.